The SMILES string of the molecule is CCCc1cc2c(C)nc3c(-c4c(C)cc(OC)cc4C)c(C)nn3c2n1CCOCC. The van der Waals surface area contributed by atoms with E-state index in [1.807, 2.05) is 11.4 Å². The molecule has 4 aromatic rings. The maximum atomic E-state index is 5.70. The van der Waals surface area contributed by atoms with Crippen LogP contribution in [0.5, 0.6) is 5.75 Å². The molecule has 0 spiro atoms. The zero-order chi connectivity index (χ0) is 23.0. The van der Waals surface area contributed by atoms with Crippen LogP contribution in [0.25, 0.3) is 27.8 Å². The average molecular weight is 435 g/mol. The van der Waals surface area contributed by atoms with Gasteiger partial charge in [0.25, 0.3) is 0 Å². The molecule has 0 fully saturated rings. The van der Waals surface area contributed by atoms with Gasteiger partial charge in [0, 0.05) is 24.2 Å². The van der Waals surface area contributed by atoms with Crippen LogP contribution in [0.3, 0.4) is 0 Å². The molecule has 0 amide bonds. The molecule has 0 N–H and O–H groups in total. The third-order valence-electron chi connectivity index (χ3n) is 6.22. The molecule has 3 aromatic heterocycles. The number of aryl methyl sites for hydroxylation is 5. The molecule has 3 heterocycles. The molecule has 6 nitrogen and oxygen atoms in total. The second-order valence-corrected chi connectivity index (χ2v) is 8.50. The molecule has 0 unspecified atom stereocenters. The van der Waals surface area contributed by atoms with E-state index in [-0.39, 0.29) is 0 Å². The summed E-state index contributed by atoms with van der Waals surface area (Å²) in [4.78, 5) is 5.06. The zero-order valence-electron chi connectivity index (χ0n) is 20.4. The van der Waals surface area contributed by atoms with Crippen molar-refractivity contribution in [2.24, 2.45) is 0 Å². The number of benzene rings is 1. The van der Waals surface area contributed by atoms with Gasteiger partial charge in [-0.25, -0.2) is 4.98 Å². The minimum atomic E-state index is 0.684. The van der Waals surface area contributed by atoms with Crippen LogP contribution in [0, 0.1) is 27.7 Å². The zero-order valence-corrected chi connectivity index (χ0v) is 20.4. The van der Waals surface area contributed by atoms with Gasteiger partial charge in [0.1, 0.15) is 11.4 Å². The van der Waals surface area contributed by atoms with Gasteiger partial charge in [-0.2, -0.15) is 9.61 Å². The summed E-state index contributed by atoms with van der Waals surface area (Å²) in [6, 6.07) is 6.45. The van der Waals surface area contributed by atoms with Gasteiger partial charge in [-0.15, -0.1) is 0 Å². The number of hydrogen-bond donors (Lipinski definition) is 0. The highest BCUT2D eigenvalue weighted by molar-refractivity contribution is 5.90. The number of fused-ring (bicyclic) bond motifs is 3. The Morgan fingerprint density at radius 2 is 1.66 bits per heavy atom. The van der Waals surface area contributed by atoms with E-state index in [1.54, 1.807) is 7.11 Å². The van der Waals surface area contributed by atoms with Crippen LogP contribution in [0.15, 0.2) is 18.2 Å². The highest BCUT2D eigenvalue weighted by Crippen LogP contribution is 2.37. The minimum Gasteiger partial charge on any atom is -0.497 e. The molecule has 170 valence electrons. The van der Waals surface area contributed by atoms with Crippen molar-refractivity contribution in [3.8, 4) is 16.9 Å². The molecular weight excluding hydrogens is 400 g/mol. The molecule has 1 aromatic carbocycles. The fraction of sp³-hybridized carbons (Fsp3) is 0.462. The topological polar surface area (TPSA) is 53.6 Å². The highest BCUT2D eigenvalue weighted by atomic mass is 16.5. The first-order chi connectivity index (χ1) is 15.4. The van der Waals surface area contributed by atoms with Crippen molar-refractivity contribution in [3.63, 3.8) is 0 Å². The molecule has 0 aliphatic heterocycles. The maximum Gasteiger partial charge on any atom is 0.165 e. The van der Waals surface area contributed by atoms with Gasteiger partial charge in [-0.1, -0.05) is 13.3 Å². The summed E-state index contributed by atoms with van der Waals surface area (Å²) in [7, 11) is 1.71. The van der Waals surface area contributed by atoms with Crippen LogP contribution in [0.2, 0.25) is 0 Å². The number of ether oxygens (including phenoxy) is 2. The summed E-state index contributed by atoms with van der Waals surface area (Å²) in [5, 5.41) is 6.17. The van der Waals surface area contributed by atoms with E-state index < -0.39 is 0 Å². The van der Waals surface area contributed by atoms with Crippen molar-refractivity contribution in [2.45, 2.75) is 60.9 Å². The van der Waals surface area contributed by atoms with Crippen LogP contribution in [-0.4, -0.2) is 39.5 Å². The summed E-state index contributed by atoms with van der Waals surface area (Å²) >= 11 is 0. The van der Waals surface area contributed by atoms with Gasteiger partial charge < -0.3 is 14.0 Å². The van der Waals surface area contributed by atoms with E-state index in [1.165, 1.54) is 11.3 Å². The average Bonchev–Trinajstić information content (AvgIpc) is 3.26. The molecule has 0 aliphatic rings. The van der Waals surface area contributed by atoms with Crippen LogP contribution in [0.4, 0.5) is 0 Å². The van der Waals surface area contributed by atoms with Crippen LogP contribution >= 0.6 is 0 Å². The lowest BCUT2D eigenvalue weighted by molar-refractivity contribution is 0.139. The molecule has 0 bridgehead atoms. The van der Waals surface area contributed by atoms with Gasteiger partial charge in [-0.3, -0.25) is 0 Å². The fourth-order valence-corrected chi connectivity index (χ4v) is 4.81. The molecule has 0 saturated heterocycles. The normalized spacial score (nSPS) is 11.7. The molecule has 0 saturated carbocycles. The van der Waals surface area contributed by atoms with E-state index in [4.69, 9.17) is 19.6 Å². The predicted octanol–water partition coefficient (Wildman–Crippen LogP) is 5.58. The molecule has 0 aliphatic carbocycles. The Morgan fingerprint density at radius 1 is 0.938 bits per heavy atom. The molecule has 4 rings (SSSR count). The lowest BCUT2D eigenvalue weighted by atomic mass is 9.95. The van der Waals surface area contributed by atoms with Crippen molar-refractivity contribution < 1.29 is 9.47 Å². The first-order valence-electron chi connectivity index (χ1n) is 11.5. The summed E-state index contributed by atoms with van der Waals surface area (Å²) in [5.74, 6) is 0.874. The van der Waals surface area contributed by atoms with Crippen molar-refractivity contribution in [1.29, 1.82) is 0 Å². The Balaban J connectivity index is 2.02. The monoisotopic (exact) mass is 434 g/mol. The van der Waals surface area contributed by atoms with Gasteiger partial charge in [-0.05, 0) is 75.9 Å². The summed E-state index contributed by atoms with van der Waals surface area (Å²) in [6.07, 6.45) is 2.11. The quantitative estimate of drug-likeness (QED) is 0.340. The summed E-state index contributed by atoms with van der Waals surface area (Å²) < 4.78 is 15.6. The third kappa shape index (κ3) is 3.66. The highest BCUT2D eigenvalue weighted by Gasteiger charge is 2.22. The Bertz CT molecular complexity index is 1260. The predicted molar refractivity (Wildman–Crippen MR) is 130 cm³/mol. The Hall–Kier alpha value is -2.86. The standard InChI is InChI=1S/C26H34N4O2/c1-8-10-20-15-22-18(5)27-25-24(23-16(3)13-21(31-7)14-17(23)4)19(6)28-30(25)26(22)29(20)11-12-32-9-2/h13-15H,8-12H2,1-7H3. The van der Waals surface area contributed by atoms with E-state index >= 15 is 0 Å². The van der Waals surface area contributed by atoms with E-state index in [2.05, 4.69) is 57.4 Å². The maximum absolute atomic E-state index is 5.70. The molecule has 0 atom stereocenters. The van der Waals surface area contributed by atoms with Crippen LogP contribution in [0.1, 0.15) is 48.5 Å². The van der Waals surface area contributed by atoms with Crippen LogP contribution in [-0.2, 0) is 17.7 Å². The minimum absolute atomic E-state index is 0.684. The first-order valence-corrected chi connectivity index (χ1v) is 11.5. The lowest BCUT2D eigenvalue weighted by Crippen LogP contribution is -2.11. The Labute approximate surface area is 190 Å². The lowest BCUT2D eigenvalue weighted by Gasteiger charge is -2.13. The van der Waals surface area contributed by atoms with Crippen molar-refractivity contribution >= 4 is 16.7 Å². The van der Waals surface area contributed by atoms with Crippen molar-refractivity contribution in [1.82, 2.24) is 19.2 Å². The van der Waals surface area contributed by atoms with E-state index in [0.29, 0.717) is 6.61 Å². The third-order valence-corrected chi connectivity index (χ3v) is 6.22. The summed E-state index contributed by atoms with van der Waals surface area (Å²) in [6.45, 7) is 14.9. The molecule has 6 heteroatoms. The number of methoxy groups -OCH3 is 1. The van der Waals surface area contributed by atoms with Crippen LogP contribution < -0.4 is 4.74 Å². The van der Waals surface area contributed by atoms with Gasteiger partial charge in [0.2, 0.25) is 0 Å². The first kappa shape index (κ1) is 22.3. The van der Waals surface area contributed by atoms with Crippen molar-refractivity contribution in [2.75, 3.05) is 20.3 Å². The second kappa shape index (κ2) is 8.94. The van der Waals surface area contributed by atoms with E-state index in [0.717, 1.165) is 76.5 Å². The Morgan fingerprint density at radius 3 is 2.28 bits per heavy atom. The largest absolute Gasteiger partial charge is 0.497 e. The number of aromatic nitrogens is 4. The number of nitrogens with zero attached hydrogens (tertiary/aromatic N) is 4. The van der Waals surface area contributed by atoms with Crippen molar-refractivity contribution in [3.05, 3.63) is 46.4 Å². The van der Waals surface area contributed by atoms with Gasteiger partial charge >= 0.3 is 0 Å². The summed E-state index contributed by atoms with van der Waals surface area (Å²) in [5.41, 5.74) is 9.95. The second-order valence-electron chi connectivity index (χ2n) is 8.50. The Kier molecular flexibility index (Phi) is 6.24. The molecule has 32 heavy (non-hydrogen) atoms. The fourth-order valence-electron chi connectivity index (χ4n) is 4.81. The molecular formula is C26H34N4O2. The van der Waals surface area contributed by atoms with Gasteiger partial charge in [0.15, 0.2) is 5.65 Å². The smallest absolute Gasteiger partial charge is 0.165 e. The molecule has 0 radical (unpaired) electrons. The number of rotatable bonds is 8. The number of hydrogen-bond acceptors (Lipinski definition) is 4. The van der Waals surface area contributed by atoms with E-state index in [9.17, 15) is 0 Å². The van der Waals surface area contributed by atoms with Gasteiger partial charge in [0.05, 0.1) is 30.7 Å².